The largest absolute Gasteiger partial charge is 0.433 e. The maximum absolute atomic E-state index is 10.5. The van der Waals surface area contributed by atoms with Gasteiger partial charge in [0.25, 0.3) is 0 Å². The maximum Gasteiger partial charge on any atom is 0.305 e. The summed E-state index contributed by atoms with van der Waals surface area (Å²) in [6.07, 6.45) is -1.01. The molecule has 0 aliphatic carbocycles. The van der Waals surface area contributed by atoms with Gasteiger partial charge in [-0.15, -0.1) is 0 Å². The Kier molecular flexibility index (Phi) is 4.19. The summed E-state index contributed by atoms with van der Waals surface area (Å²) in [5.41, 5.74) is 0. The number of esters is 1. The summed E-state index contributed by atoms with van der Waals surface area (Å²) in [6, 6.07) is 0. The summed E-state index contributed by atoms with van der Waals surface area (Å²) in [5, 5.41) is 0. The highest BCUT2D eigenvalue weighted by Crippen LogP contribution is 2.13. The molecule has 6 heteroatoms. The predicted octanol–water partition coefficient (Wildman–Crippen LogP) is 0.615. The van der Waals surface area contributed by atoms with E-state index in [0.29, 0.717) is 6.61 Å². The molecule has 0 aromatic carbocycles. The number of halogens is 1. The van der Waals surface area contributed by atoms with E-state index in [4.69, 9.17) is 17.3 Å². The van der Waals surface area contributed by atoms with Crippen LogP contribution in [0.4, 0.5) is 0 Å². The fourth-order valence-corrected chi connectivity index (χ4v) is 1.11. The number of ether oxygens (including phenoxy) is 3. The molecule has 0 radical (unpaired) electrons. The summed E-state index contributed by atoms with van der Waals surface area (Å²) < 4.78 is 19.7. The van der Waals surface area contributed by atoms with E-state index in [9.17, 15) is 4.79 Å². The number of hydrogen-bond donors (Lipinski definition) is 0. The normalized spacial score (nSPS) is 28.8. The van der Waals surface area contributed by atoms with Crippen LogP contribution < -0.4 is 0 Å². The number of carbonyl (C=O) groups excluding carboxylic acids is 1. The van der Waals surface area contributed by atoms with Crippen LogP contribution in [-0.4, -0.2) is 31.8 Å². The van der Waals surface area contributed by atoms with Crippen LogP contribution in [0.1, 0.15) is 6.92 Å². The number of carbonyl (C=O) groups is 1. The van der Waals surface area contributed by atoms with E-state index in [0.717, 1.165) is 0 Å². The lowest BCUT2D eigenvalue weighted by Crippen LogP contribution is -2.20. The third kappa shape index (κ3) is 3.21. The van der Waals surface area contributed by atoms with E-state index in [-0.39, 0.29) is 12.6 Å². The lowest BCUT2D eigenvalue weighted by molar-refractivity contribution is -0.175. The summed E-state index contributed by atoms with van der Waals surface area (Å²) >= 11 is 1.74. The van der Waals surface area contributed by atoms with E-state index in [1.807, 2.05) is 0 Å². The SMILES string of the molecule is CC(=O)OC1COC(COI)O1. The first-order valence-corrected chi connectivity index (χ1v) is 4.28. The van der Waals surface area contributed by atoms with E-state index in [1.165, 1.54) is 6.92 Å². The van der Waals surface area contributed by atoms with E-state index < -0.39 is 12.6 Å². The zero-order valence-corrected chi connectivity index (χ0v) is 8.65. The molecule has 2 unspecified atom stereocenters. The Balaban J connectivity index is 2.21. The van der Waals surface area contributed by atoms with Crippen LogP contribution in [0.3, 0.4) is 0 Å². The van der Waals surface area contributed by atoms with Crippen LogP contribution in [0, 0.1) is 0 Å². The Morgan fingerprint density at radius 3 is 3.08 bits per heavy atom. The van der Waals surface area contributed by atoms with Crippen molar-refractivity contribution in [3.63, 3.8) is 0 Å². The van der Waals surface area contributed by atoms with Gasteiger partial charge in [0.2, 0.25) is 6.29 Å². The average molecular weight is 288 g/mol. The third-order valence-electron chi connectivity index (χ3n) is 1.22. The van der Waals surface area contributed by atoms with Crippen molar-refractivity contribution >= 4 is 29.0 Å². The topological polar surface area (TPSA) is 54.0 Å². The molecule has 1 rings (SSSR count). The van der Waals surface area contributed by atoms with Gasteiger partial charge in [0.05, 0.1) is 0 Å². The second kappa shape index (κ2) is 4.95. The zero-order chi connectivity index (χ0) is 8.97. The van der Waals surface area contributed by atoms with Gasteiger partial charge in [-0.1, -0.05) is 0 Å². The Labute approximate surface area is 84.0 Å². The van der Waals surface area contributed by atoms with Gasteiger partial charge in [-0.05, 0) is 0 Å². The Hall–Kier alpha value is 0.0800. The highest BCUT2D eigenvalue weighted by atomic mass is 127. The van der Waals surface area contributed by atoms with E-state index in [1.54, 1.807) is 23.0 Å². The molecular weight excluding hydrogens is 279 g/mol. The molecule has 0 aromatic heterocycles. The summed E-state index contributed by atoms with van der Waals surface area (Å²) in [7, 11) is 0. The highest BCUT2D eigenvalue weighted by molar-refractivity contribution is 14.1. The molecule has 0 spiro atoms. The van der Waals surface area contributed by atoms with Crippen LogP contribution >= 0.6 is 23.0 Å². The van der Waals surface area contributed by atoms with Gasteiger partial charge < -0.3 is 17.3 Å². The van der Waals surface area contributed by atoms with Gasteiger partial charge in [0.15, 0.2) is 6.29 Å². The molecule has 12 heavy (non-hydrogen) atoms. The fourth-order valence-electron chi connectivity index (χ4n) is 0.819. The second-order valence-corrected chi connectivity index (χ2v) is 2.84. The quantitative estimate of drug-likeness (QED) is 0.563. The van der Waals surface area contributed by atoms with Crippen molar-refractivity contribution in [2.24, 2.45) is 0 Å². The molecule has 0 aromatic rings. The molecule has 70 valence electrons. The molecule has 0 saturated carbocycles. The Morgan fingerprint density at radius 1 is 1.75 bits per heavy atom. The smallest absolute Gasteiger partial charge is 0.305 e. The van der Waals surface area contributed by atoms with Crippen LogP contribution in [0.2, 0.25) is 0 Å². The minimum absolute atomic E-state index is 0.268. The minimum atomic E-state index is -0.584. The standard InChI is InChI=1S/C6H9IO5/c1-4(8)11-6-2-9-5(12-6)3-10-7/h5-6H,2-3H2,1H3. The number of rotatable bonds is 3. The van der Waals surface area contributed by atoms with Gasteiger partial charge in [-0.2, -0.15) is 0 Å². The molecule has 1 saturated heterocycles. The van der Waals surface area contributed by atoms with E-state index in [2.05, 4.69) is 0 Å². The molecule has 0 N–H and O–H groups in total. The minimum Gasteiger partial charge on any atom is -0.433 e. The molecule has 1 aliphatic rings. The van der Waals surface area contributed by atoms with Crippen molar-refractivity contribution in [1.82, 2.24) is 0 Å². The van der Waals surface area contributed by atoms with Crippen molar-refractivity contribution in [3.05, 3.63) is 0 Å². The molecule has 1 heterocycles. The monoisotopic (exact) mass is 288 g/mol. The fraction of sp³-hybridized carbons (Fsp3) is 0.833. The van der Waals surface area contributed by atoms with Crippen molar-refractivity contribution in [2.75, 3.05) is 13.2 Å². The summed E-state index contributed by atoms with van der Waals surface area (Å²) in [5.74, 6) is -0.375. The molecule has 2 atom stereocenters. The molecule has 0 amide bonds. The van der Waals surface area contributed by atoms with Crippen molar-refractivity contribution in [2.45, 2.75) is 19.5 Å². The van der Waals surface area contributed by atoms with Crippen molar-refractivity contribution < 1.29 is 22.1 Å². The average Bonchev–Trinajstić information content (AvgIpc) is 2.36. The van der Waals surface area contributed by atoms with Gasteiger partial charge in [-0.25, -0.2) is 0 Å². The second-order valence-electron chi connectivity index (χ2n) is 2.21. The van der Waals surface area contributed by atoms with Crippen LogP contribution in [0.25, 0.3) is 0 Å². The first-order valence-electron chi connectivity index (χ1n) is 3.40. The molecule has 5 nitrogen and oxygen atoms in total. The van der Waals surface area contributed by atoms with Crippen LogP contribution in [-0.2, 0) is 22.1 Å². The molecule has 1 fully saturated rings. The van der Waals surface area contributed by atoms with Crippen molar-refractivity contribution in [1.29, 1.82) is 0 Å². The van der Waals surface area contributed by atoms with Crippen LogP contribution in [0.5, 0.6) is 0 Å². The third-order valence-corrected chi connectivity index (χ3v) is 1.58. The van der Waals surface area contributed by atoms with Gasteiger partial charge >= 0.3 is 5.97 Å². The molecule has 0 bridgehead atoms. The lowest BCUT2D eigenvalue weighted by atomic mass is 10.7. The first kappa shape index (κ1) is 10.2. The molecular formula is C6H9IO5. The highest BCUT2D eigenvalue weighted by Gasteiger charge is 2.27. The zero-order valence-electron chi connectivity index (χ0n) is 6.49. The van der Waals surface area contributed by atoms with Gasteiger partial charge in [0, 0.05) is 6.92 Å². The summed E-state index contributed by atoms with van der Waals surface area (Å²) in [6.45, 7) is 1.92. The first-order chi connectivity index (χ1) is 5.72. The predicted molar refractivity (Wildman–Crippen MR) is 46.4 cm³/mol. The Morgan fingerprint density at radius 2 is 2.50 bits per heavy atom. The number of hydrogen-bond acceptors (Lipinski definition) is 5. The van der Waals surface area contributed by atoms with Crippen LogP contribution in [0.15, 0.2) is 0 Å². The summed E-state index contributed by atoms with van der Waals surface area (Å²) in [4.78, 5) is 10.5. The Bertz CT molecular complexity index is 162. The maximum atomic E-state index is 10.5. The van der Waals surface area contributed by atoms with Gasteiger partial charge in [-0.3, -0.25) is 4.79 Å². The lowest BCUT2D eigenvalue weighted by Gasteiger charge is -2.09. The van der Waals surface area contributed by atoms with Crippen molar-refractivity contribution in [3.8, 4) is 0 Å². The van der Waals surface area contributed by atoms with Gasteiger partial charge in [0.1, 0.15) is 36.2 Å². The molecule has 1 aliphatic heterocycles. The van der Waals surface area contributed by atoms with E-state index >= 15 is 0 Å².